The molecule has 0 spiro atoms. The number of hydrogen-bond donors (Lipinski definition) is 1. The summed E-state index contributed by atoms with van der Waals surface area (Å²) in [5.74, 6) is 2.82. The summed E-state index contributed by atoms with van der Waals surface area (Å²) in [5, 5.41) is 8.16. The number of fused-ring (bicyclic) bond motifs is 2. The number of hydrogen-bond acceptors (Lipinski definition) is 4. The Labute approximate surface area is 123 Å². The van der Waals surface area contributed by atoms with Crippen molar-refractivity contribution in [1.29, 1.82) is 0 Å². The second kappa shape index (κ2) is 4.69. The first-order valence-electron chi connectivity index (χ1n) is 7.43. The molecule has 1 aromatic carbocycles. The van der Waals surface area contributed by atoms with E-state index in [1.54, 1.807) is 0 Å². The summed E-state index contributed by atoms with van der Waals surface area (Å²) in [5.41, 5.74) is 3.55. The first-order chi connectivity index (χ1) is 10.2. The minimum atomic E-state index is 0.254. The van der Waals surface area contributed by atoms with Gasteiger partial charge in [0.25, 0.3) is 0 Å². The predicted octanol–water partition coefficient (Wildman–Crippen LogP) is 2.68. The van der Waals surface area contributed by atoms with Crippen LogP contribution in [0.4, 0.5) is 5.82 Å². The summed E-state index contributed by atoms with van der Waals surface area (Å²) in [4.78, 5) is 0. The van der Waals surface area contributed by atoms with Crippen molar-refractivity contribution >= 4 is 5.82 Å². The van der Waals surface area contributed by atoms with E-state index in [2.05, 4.69) is 36.0 Å². The lowest BCUT2D eigenvalue weighted by Crippen LogP contribution is -2.25. The van der Waals surface area contributed by atoms with Crippen LogP contribution in [0.2, 0.25) is 0 Å². The quantitative estimate of drug-likeness (QED) is 0.875. The van der Waals surface area contributed by atoms with Crippen LogP contribution >= 0.6 is 0 Å². The minimum Gasteiger partial charge on any atom is -0.486 e. The van der Waals surface area contributed by atoms with Crippen molar-refractivity contribution in [3.8, 4) is 11.5 Å². The van der Waals surface area contributed by atoms with Crippen molar-refractivity contribution in [2.24, 2.45) is 0 Å². The Hall–Kier alpha value is -2.17. The number of nitrogens with one attached hydrogen (secondary N) is 1. The molecular formula is C16H19N3O2. The van der Waals surface area contributed by atoms with Crippen molar-refractivity contribution in [2.45, 2.75) is 26.3 Å². The zero-order valence-corrected chi connectivity index (χ0v) is 12.3. The highest BCUT2D eigenvalue weighted by Gasteiger charge is 2.26. The highest BCUT2D eigenvalue weighted by atomic mass is 16.6. The molecule has 2 aromatic rings. The Morgan fingerprint density at radius 1 is 1.19 bits per heavy atom. The summed E-state index contributed by atoms with van der Waals surface area (Å²) in [6.45, 7) is 6.39. The molecule has 5 heteroatoms. The molecule has 0 radical (unpaired) electrons. The van der Waals surface area contributed by atoms with Crippen molar-refractivity contribution in [3.63, 3.8) is 0 Å². The Morgan fingerprint density at radius 3 is 2.86 bits per heavy atom. The molecule has 2 aliphatic rings. The third-order valence-electron chi connectivity index (χ3n) is 4.34. The van der Waals surface area contributed by atoms with Gasteiger partial charge in [-0.3, -0.25) is 0 Å². The Balaban J connectivity index is 1.76. The number of benzene rings is 1. The van der Waals surface area contributed by atoms with Crippen LogP contribution in [0.25, 0.3) is 0 Å². The molecular weight excluding hydrogens is 266 g/mol. The van der Waals surface area contributed by atoms with E-state index in [-0.39, 0.29) is 6.04 Å². The van der Waals surface area contributed by atoms with Crippen LogP contribution in [0, 0.1) is 13.8 Å². The fourth-order valence-corrected chi connectivity index (χ4v) is 3.09. The average molecular weight is 285 g/mol. The monoisotopic (exact) mass is 285 g/mol. The van der Waals surface area contributed by atoms with Crippen molar-refractivity contribution in [3.05, 3.63) is 35.0 Å². The Bertz CT molecular complexity index is 693. The van der Waals surface area contributed by atoms with Crippen LogP contribution in [0.5, 0.6) is 11.5 Å². The van der Waals surface area contributed by atoms with Crippen LogP contribution in [0.15, 0.2) is 18.2 Å². The number of aryl methyl sites for hydroxylation is 1. The SMILES string of the molecule is Cc1nn2c(c1C)NCCC2c1ccc2c(c1)OCCO2. The van der Waals surface area contributed by atoms with Gasteiger partial charge in [0.05, 0.1) is 11.7 Å². The molecule has 1 aromatic heterocycles. The molecule has 4 rings (SSSR count). The molecule has 0 fully saturated rings. The van der Waals surface area contributed by atoms with Crippen LogP contribution < -0.4 is 14.8 Å². The number of anilines is 1. The van der Waals surface area contributed by atoms with Gasteiger partial charge in [0.15, 0.2) is 11.5 Å². The van der Waals surface area contributed by atoms with E-state index in [4.69, 9.17) is 14.6 Å². The largest absolute Gasteiger partial charge is 0.486 e. The van der Waals surface area contributed by atoms with Crippen LogP contribution in [-0.4, -0.2) is 29.5 Å². The molecule has 2 aliphatic heterocycles. The number of aromatic nitrogens is 2. The topological polar surface area (TPSA) is 48.3 Å². The molecule has 0 bridgehead atoms. The zero-order valence-electron chi connectivity index (χ0n) is 12.3. The maximum Gasteiger partial charge on any atom is 0.161 e. The highest BCUT2D eigenvalue weighted by Crippen LogP contribution is 2.37. The van der Waals surface area contributed by atoms with Crippen molar-refractivity contribution in [1.82, 2.24) is 9.78 Å². The van der Waals surface area contributed by atoms with E-state index >= 15 is 0 Å². The van der Waals surface area contributed by atoms with Gasteiger partial charge in [-0.2, -0.15) is 5.10 Å². The maximum absolute atomic E-state index is 5.70. The van der Waals surface area contributed by atoms with Gasteiger partial charge in [0.2, 0.25) is 0 Å². The molecule has 1 N–H and O–H groups in total. The molecule has 21 heavy (non-hydrogen) atoms. The zero-order chi connectivity index (χ0) is 14.4. The number of ether oxygens (including phenoxy) is 2. The van der Waals surface area contributed by atoms with Gasteiger partial charge in [0, 0.05) is 12.1 Å². The molecule has 0 amide bonds. The van der Waals surface area contributed by atoms with Gasteiger partial charge in [-0.15, -0.1) is 0 Å². The molecule has 0 saturated carbocycles. The fourth-order valence-electron chi connectivity index (χ4n) is 3.09. The Morgan fingerprint density at radius 2 is 2.00 bits per heavy atom. The van der Waals surface area contributed by atoms with Crippen LogP contribution in [0.3, 0.4) is 0 Å². The summed E-state index contributed by atoms with van der Waals surface area (Å²) in [7, 11) is 0. The molecule has 1 unspecified atom stereocenters. The third kappa shape index (κ3) is 1.95. The Kier molecular flexibility index (Phi) is 2.80. The summed E-state index contributed by atoms with van der Waals surface area (Å²) < 4.78 is 13.4. The smallest absolute Gasteiger partial charge is 0.161 e. The number of rotatable bonds is 1. The van der Waals surface area contributed by atoms with E-state index in [1.165, 1.54) is 11.1 Å². The van der Waals surface area contributed by atoms with Gasteiger partial charge >= 0.3 is 0 Å². The lowest BCUT2D eigenvalue weighted by Gasteiger charge is -2.27. The van der Waals surface area contributed by atoms with E-state index in [0.29, 0.717) is 13.2 Å². The average Bonchev–Trinajstić information content (AvgIpc) is 2.82. The second-order valence-electron chi connectivity index (χ2n) is 5.64. The molecule has 3 heterocycles. The summed E-state index contributed by atoms with van der Waals surface area (Å²) >= 11 is 0. The summed E-state index contributed by atoms with van der Waals surface area (Å²) in [6.07, 6.45) is 1.02. The van der Waals surface area contributed by atoms with Crippen molar-refractivity contribution in [2.75, 3.05) is 25.1 Å². The normalized spacial score (nSPS) is 19.8. The van der Waals surface area contributed by atoms with Gasteiger partial charge in [-0.25, -0.2) is 4.68 Å². The van der Waals surface area contributed by atoms with E-state index < -0.39 is 0 Å². The molecule has 0 saturated heterocycles. The third-order valence-corrected chi connectivity index (χ3v) is 4.34. The number of nitrogens with zero attached hydrogens (tertiary/aromatic N) is 2. The standard InChI is InChI=1S/C16H19N3O2/c1-10-11(2)18-19-13(5-6-17-16(10)19)12-3-4-14-15(9-12)21-8-7-20-14/h3-4,9,13,17H,5-8H2,1-2H3. The molecule has 1 atom stereocenters. The van der Waals surface area contributed by atoms with Gasteiger partial charge in [0.1, 0.15) is 19.0 Å². The van der Waals surface area contributed by atoms with Gasteiger partial charge in [-0.1, -0.05) is 6.07 Å². The second-order valence-corrected chi connectivity index (χ2v) is 5.64. The first-order valence-corrected chi connectivity index (χ1v) is 7.43. The van der Waals surface area contributed by atoms with Gasteiger partial charge in [-0.05, 0) is 38.0 Å². The van der Waals surface area contributed by atoms with E-state index in [1.807, 2.05) is 6.07 Å². The van der Waals surface area contributed by atoms with Crippen LogP contribution in [-0.2, 0) is 0 Å². The van der Waals surface area contributed by atoms with Crippen LogP contribution in [0.1, 0.15) is 29.3 Å². The fraction of sp³-hybridized carbons (Fsp3) is 0.438. The molecule has 110 valence electrons. The molecule has 5 nitrogen and oxygen atoms in total. The van der Waals surface area contributed by atoms with E-state index in [9.17, 15) is 0 Å². The lowest BCUT2D eigenvalue weighted by atomic mass is 10.0. The maximum atomic E-state index is 5.70. The molecule has 0 aliphatic carbocycles. The van der Waals surface area contributed by atoms with Crippen molar-refractivity contribution < 1.29 is 9.47 Å². The minimum absolute atomic E-state index is 0.254. The van der Waals surface area contributed by atoms with E-state index in [0.717, 1.165) is 36.0 Å². The predicted molar refractivity (Wildman–Crippen MR) is 80.4 cm³/mol. The van der Waals surface area contributed by atoms with Gasteiger partial charge < -0.3 is 14.8 Å². The first kappa shape index (κ1) is 12.6. The highest BCUT2D eigenvalue weighted by molar-refractivity contribution is 5.51. The lowest BCUT2D eigenvalue weighted by molar-refractivity contribution is 0.171. The summed E-state index contributed by atoms with van der Waals surface area (Å²) in [6, 6.07) is 6.49.